The van der Waals surface area contributed by atoms with Crippen molar-refractivity contribution in [2.75, 3.05) is 21.3 Å². The molecule has 0 saturated heterocycles. The number of carbonyl (C=O) groups is 1. The van der Waals surface area contributed by atoms with Crippen molar-refractivity contribution >= 4 is 5.91 Å². The van der Waals surface area contributed by atoms with Crippen LogP contribution in [0.1, 0.15) is 21.8 Å². The van der Waals surface area contributed by atoms with Gasteiger partial charge in [0.2, 0.25) is 17.5 Å². The van der Waals surface area contributed by atoms with E-state index in [1.54, 1.807) is 24.3 Å². The maximum absolute atomic E-state index is 12.2. The van der Waals surface area contributed by atoms with E-state index >= 15 is 0 Å². The van der Waals surface area contributed by atoms with E-state index in [1.165, 1.54) is 21.3 Å². The fourth-order valence-electron chi connectivity index (χ4n) is 2.62. The minimum atomic E-state index is -0.215. The highest BCUT2D eigenvalue weighted by atomic mass is 16.5. The minimum Gasteiger partial charge on any atom is -0.493 e. The highest BCUT2D eigenvalue weighted by molar-refractivity contribution is 5.94. The van der Waals surface area contributed by atoms with Crippen molar-refractivity contribution in [3.63, 3.8) is 0 Å². The van der Waals surface area contributed by atoms with Crippen LogP contribution in [0.5, 0.6) is 17.2 Å². The van der Waals surface area contributed by atoms with Crippen LogP contribution in [0.4, 0.5) is 0 Å². The fraction of sp³-hybridized carbons (Fsp3) is 0.250. The monoisotopic (exact) mass is 383 g/mol. The Labute approximate surface area is 162 Å². The van der Waals surface area contributed by atoms with E-state index < -0.39 is 0 Å². The van der Waals surface area contributed by atoms with Gasteiger partial charge in [-0.3, -0.25) is 4.79 Å². The van der Waals surface area contributed by atoms with Crippen LogP contribution in [0.3, 0.4) is 0 Å². The lowest BCUT2D eigenvalue weighted by Crippen LogP contribution is -2.22. The van der Waals surface area contributed by atoms with Gasteiger partial charge < -0.3 is 24.1 Å². The van der Waals surface area contributed by atoms with Crippen molar-refractivity contribution < 1.29 is 23.5 Å². The summed E-state index contributed by atoms with van der Waals surface area (Å²) in [5.41, 5.74) is 2.28. The Kier molecular flexibility index (Phi) is 5.78. The van der Waals surface area contributed by atoms with Gasteiger partial charge in [0, 0.05) is 11.1 Å². The number of hydrogen-bond acceptors (Lipinski definition) is 7. The number of ether oxygens (including phenoxy) is 3. The van der Waals surface area contributed by atoms with E-state index in [-0.39, 0.29) is 18.3 Å². The molecule has 1 aromatic heterocycles. The molecule has 0 saturated carbocycles. The van der Waals surface area contributed by atoms with Crippen LogP contribution in [-0.4, -0.2) is 37.4 Å². The van der Waals surface area contributed by atoms with Gasteiger partial charge in [-0.15, -0.1) is 0 Å². The molecule has 0 radical (unpaired) electrons. The Morgan fingerprint density at radius 1 is 1.04 bits per heavy atom. The third-order valence-corrected chi connectivity index (χ3v) is 4.10. The predicted octanol–water partition coefficient (Wildman–Crippen LogP) is 3.00. The summed E-state index contributed by atoms with van der Waals surface area (Å²) in [5.74, 6) is 1.85. The smallest absolute Gasteiger partial charge is 0.251 e. The summed E-state index contributed by atoms with van der Waals surface area (Å²) in [7, 11) is 4.59. The molecule has 0 aliphatic rings. The molecule has 0 spiro atoms. The molecule has 1 amide bonds. The Morgan fingerprint density at radius 3 is 2.25 bits per heavy atom. The predicted molar refractivity (Wildman–Crippen MR) is 102 cm³/mol. The van der Waals surface area contributed by atoms with Crippen LogP contribution in [-0.2, 0) is 6.54 Å². The molecule has 0 aliphatic carbocycles. The minimum absolute atomic E-state index is 0.115. The van der Waals surface area contributed by atoms with Crippen LogP contribution in [0.15, 0.2) is 40.9 Å². The lowest BCUT2D eigenvalue weighted by Gasteiger charge is -2.12. The normalized spacial score (nSPS) is 10.4. The lowest BCUT2D eigenvalue weighted by atomic mass is 10.1. The van der Waals surface area contributed by atoms with Gasteiger partial charge in [0.25, 0.3) is 5.91 Å². The molecular weight excluding hydrogens is 362 g/mol. The maximum Gasteiger partial charge on any atom is 0.251 e. The van der Waals surface area contributed by atoms with Gasteiger partial charge in [0.1, 0.15) is 0 Å². The van der Waals surface area contributed by atoms with Gasteiger partial charge in [-0.05, 0) is 31.2 Å². The van der Waals surface area contributed by atoms with Crippen LogP contribution < -0.4 is 19.5 Å². The third-order valence-electron chi connectivity index (χ3n) is 4.10. The van der Waals surface area contributed by atoms with E-state index in [9.17, 15) is 4.79 Å². The highest BCUT2D eigenvalue weighted by Crippen LogP contribution is 2.40. The van der Waals surface area contributed by atoms with Crippen LogP contribution >= 0.6 is 0 Å². The fourth-order valence-corrected chi connectivity index (χ4v) is 2.62. The summed E-state index contributed by atoms with van der Waals surface area (Å²) >= 11 is 0. The second kappa shape index (κ2) is 8.43. The summed E-state index contributed by atoms with van der Waals surface area (Å²) in [6.45, 7) is 2.08. The van der Waals surface area contributed by atoms with Gasteiger partial charge in [0.15, 0.2) is 11.5 Å². The summed E-state index contributed by atoms with van der Waals surface area (Å²) in [4.78, 5) is 16.5. The molecule has 8 nitrogen and oxygen atoms in total. The van der Waals surface area contributed by atoms with Crippen LogP contribution in [0.2, 0.25) is 0 Å². The van der Waals surface area contributed by atoms with Crippen molar-refractivity contribution in [2.45, 2.75) is 13.5 Å². The Hall–Kier alpha value is -3.55. The van der Waals surface area contributed by atoms with Crippen molar-refractivity contribution in [2.24, 2.45) is 0 Å². The van der Waals surface area contributed by atoms with Gasteiger partial charge in [0.05, 0.1) is 27.9 Å². The number of nitrogens with one attached hydrogen (secondary N) is 1. The van der Waals surface area contributed by atoms with E-state index in [4.69, 9.17) is 18.7 Å². The number of nitrogens with zero attached hydrogens (tertiary/aromatic N) is 2. The maximum atomic E-state index is 12.2. The molecule has 0 unspecified atom stereocenters. The number of aryl methyl sites for hydroxylation is 1. The molecule has 2 aromatic carbocycles. The van der Waals surface area contributed by atoms with Crippen molar-refractivity contribution in [3.05, 3.63) is 53.4 Å². The molecule has 1 heterocycles. The van der Waals surface area contributed by atoms with E-state index in [0.29, 0.717) is 34.2 Å². The molecule has 3 aromatic rings. The van der Waals surface area contributed by atoms with Gasteiger partial charge in [-0.25, -0.2) is 0 Å². The average Bonchev–Trinajstić information content (AvgIpc) is 3.20. The number of rotatable bonds is 7. The van der Waals surface area contributed by atoms with Crippen LogP contribution in [0, 0.1) is 6.92 Å². The van der Waals surface area contributed by atoms with Crippen molar-refractivity contribution in [3.8, 4) is 28.6 Å². The van der Waals surface area contributed by atoms with Gasteiger partial charge in [-0.2, -0.15) is 4.98 Å². The molecule has 3 rings (SSSR count). The Bertz CT molecular complexity index is 941. The van der Waals surface area contributed by atoms with Gasteiger partial charge in [-0.1, -0.05) is 22.9 Å². The zero-order chi connectivity index (χ0) is 20.1. The SMILES string of the molecule is COc1cc(-c2noc(CNC(=O)c3ccc(C)cc3)n2)cc(OC)c1OC. The van der Waals surface area contributed by atoms with E-state index in [1.807, 2.05) is 19.1 Å². The van der Waals surface area contributed by atoms with Crippen LogP contribution in [0.25, 0.3) is 11.4 Å². The summed E-state index contributed by atoms with van der Waals surface area (Å²) < 4.78 is 21.2. The molecule has 0 aliphatic heterocycles. The number of aromatic nitrogens is 2. The Balaban J connectivity index is 1.75. The molecule has 1 N–H and O–H groups in total. The standard InChI is InChI=1S/C20H21N3O5/c1-12-5-7-13(8-6-12)20(24)21-11-17-22-19(23-28-17)14-9-15(25-2)18(27-4)16(10-14)26-3/h5-10H,11H2,1-4H3,(H,21,24). The zero-order valence-corrected chi connectivity index (χ0v) is 16.1. The summed E-state index contributed by atoms with van der Waals surface area (Å²) in [5, 5.41) is 6.72. The molecule has 28 heavy (non-hydrogen) atoms. The number of carbonyl (C=O) groups excluding carboxylic acids is 1. The van der Waals surface area contributed by atoms with Gasteiger partial charge >= 0.3 is 0 Å². The quantitative estimate of drug-likeness (QED) is 0.670. The summed E-state index contributed by atoms with van der Waals surface area (Å²) in [6.07, 6.45) is 0. The first kappa shape index (κ1) is 19.2. The molecule has 8 heteroatoms. The first-order valence-electron chi connectivity index (χ1n) is 8.53. The lowest BCUT2D eigenvalue weighted by molar-refractivity contribution is 0.0946. The molecule has 0 atom stereocenters. The number of benzene rings is 2. The molecule has 146 valence electrons. The van der Waals surface area contributed by atoms with E-state index in [2.05, 4.69) is 15.5 Å². The number of methoxy groups -OCH3 is 3. The average molecular weight is 383 g/mol. The van der Waals surface area contributed by atoms with Crippen molar-refractivity contribution in [1.82, 2.24) is 15.5 Å². The number of hydrogen-bond donors (Lipinski definition) is 1. The summed E-state index contributed by atoms with van der Waals surface area (Å²) in [6, 6.07) is 10.7. The highest BCUT2D eigenvalue weighted by Gasteiger charge is 2.17. The zero-order valence-electron chi connectivity index (χ0n) is 16.1. The molecular formula is C20H21N3O5. The topological polar surface area (TPSA) is 95.7 Å². The largest absolute Gasteiger partial charge is 0.493 e. The molecule has 0 bridgehead atoms. The van der Waals surface area contributed by atoms with Crippen molar-refractivity contribution in [1.29, 1.82) is 0 Å². The first-order chi connectivity index (χ1) is 13.5. The number of amides is 1. The second-order valence-electron chi connectivity index (χ2n) is 5.97. The molecule has 0 fully saturated rings. The first-order valence-corrected chi connectivity index (χ1v) is 8.53. The Morgan fingerprint density at radius 2 is 1.68 bits per heavy atom. The second-order valence-corrected chi connectivity index (χ2v) is 5.97. The van der Waals surface area contributed by atoms with E-state index in [0.717, 1.165) is 5.56 Å². The third kappa shape index (κ3) is 4.06.